The van der Waals surface area contributed by atoms with Crippen LogP contribution in [0.5, 0.6) is 0 Å². The van der Waals surface area contributed by atoms with Crippen LogP contribution in [0.1, 0.15) is 65.7 Å². The molecule has 5 unspecified atom stereocenters. The number of aliphatic hydroxyl groups excluding tert-OH is 2. The third kappa shape index (κ3) is 2.98. The number of hydrogen-bond acceptors (Lipinski definition) is 3. The average Bonchev–Trinajstić information content (AvgIpc) is 2.32. The molecule has 0 aromatic rings. The molecular weight excluding hydrogens is 240 g/mol. The Morgan fingerprint density at radius 1 is 1.05 bits per heavy atom. The molecule has 0 amide bonds. The second kappa shape index (κ2) is 5.34. The fraction of sp³-hybridized carbons (Fsp3) is 1.00. The molecule has 3 heteroatoms. The lowest BCUT2D eigenvalue weighted by molar-refractivity contribution is -0.170. The molecule has 0 radical (unpaired) electrons. The second-order valence-electron chi connectivity index (χ2n) is 7.71. The SMILES string of the molecule is CC1CCCC(CC2(O)CCCC(C)(C)C2O)C1O. The lowest BCUT2D eigenvalue weighted by Crippen LogP contribution is -2.55. The van der Waals surface area contributed by atoms with Gasteiger partial charge in [-0.2, -0.15) is 0 Å². The minimum atomic E-state index is -1.01. The molecule has 112 valence electrons. The Bertz CT molecular complexity index is 315. The molecular formula is C16H30O3. The quantitative estimate of drug-likeness (QED) is 0.722. The van der Waals surface area contributed by atoms with Gasteiger partial charge in [0.1, 0.15) is 0 Å². The van der Waals surface area contributed by atoms with Crippen molar-refractivity contribution >= 4 is 0 Å². The van der Waals surface area contributed by atoms with E-state index in [-0.39, 0.29) is 17.4 Å². The van der Waals surface area contributed by atoms with Crippen molar-refractivity contribution in [1.82, 2.24) is 0 Å². The van der Waals surface area contributed by atoms with Crippen molar-refractivity contribution in [3.63, 3.8) is 0 Å². The van der Waals surface area contributed by atoms with E-state index in [1.165, 1.54) is 0 Å². The summed E-state index contributed by atoms with van der Waals surface area (Å²) < 4.78 is 0. The molecule has 2 aliphatic rings. The van der Waals surface area contributed by atoms with Gasteiger partial charge in [0.15, 0.2) is 0 Å². The van der Waals surface area contributed by atoms with E-state index in [0.29, 0.717) is 18.8 Å². The van der Waals surface area contributed by atoms with E-state index in [1.54, 1.807) is 0 Å². The van der Waals surface area contributed by atoms with E-state index in [1.807, 2.05) is 13.8 Å². The molecule has 0 spiro atoms. The Hall–Kier alpha value is -0.120. The predicted octanol–water partition coefficient (Wildman–Crippen LogP) is 2.48. The molecule has 2 saturated carbocycles. The lowest BCUT2D eigenvalue weighted by atomic mass is 9.63. The number of hydrogen-bond donors (Lipinski definition) is 3. The van der Waals surface area contributed by atoms with E-state index in [0.717, 1.165) is 32.1 Å². The maximum atomic E-state index is 10.9. The van der Waals surface area contributed by atoms with Gasteiger partial charge in [0.25, 0.3) is 0 Å². The van der Waals surface area contributed by atoms with Crippen LogP contribution in [0.2, 0.25) is 0 Å². The molecule has 3 nitrogen and oxygen atoms in total. The highest BCUT2D eigenvalue weighted by atomic mass is 16.3. The maximum absolute atomic E-state index is 10.9. The zero-order chi connectivity index (χ0) is 14.3. The van der Waals surface area contributed by atoms with Gasteiger partial charge in [-0.1, -0.05) is 27.2 Å². The molecule has 5 atom stereocenters. The highest BCUT2D eigenvalue weighted by Crippen LogP contribution is 2.46. The van der Waals surface area contributed by atoms with E-state index in [4.69, 9.17) is 0 Å². The van der Waals surface area contributed by atoms with Crippen LogP contribution >= 0.6 is 0 Å². The Morgan fingerprint density at radius 3 is 2.42 bits per heavy atom. The third-order valence-corrected chi connectivity index (χ3v) is 5.60. The van der Waals surface area contributed by atoms with Gasteiger partial charge in [0.2, 0.25) is 0 Å². The summed E-state index contributed by atoms with van der Waals surface area (Å²) in [6.07, 6.45) is 5.29. The fourth-order valence-electron chi connectivity index (χ4n) is 4.25. The normalized spacial score (nSPS) is 47.1. The maximum Gasteiger partial charge on any atom is 0.0914 e. The fourth-order valence-corrected chi connectivity index (χ4v) is 4.25. The van der Waals surface area contributed by atoms with Crippen molar-refractivity contribution in [2.45, 2.75) is 83.5 Å². The van der Waals surface area contributed by atoms with Crippen molar-refractivity contribution in [3.8, 4) is 0 Å². The Balaban J connectivity index is 2.08. The Labute approximate surface area is 117 Å². The van der Waals surface area contributed by atoms with Crippen LogP contribution in [-0.2, 0) is 0 Å². The highest BCUT2D eigenvalue weighted by Gasteiger charge is 2.49. The van der Waals surface area contributed by atoms with Crippen molar-refractivity contribution in [2.24, 2.45) is 17.3 Å². The zero-order valence-corrected chi connectivity index (χ0v) is 12.6. The van der Waals surface area contributed by atoms with Gasteiger partial charge < -0.3 is 15.3 Å². The van der Waals surface area contributed by atoms with Crippen molar-refractivity contribution in [1.29, 1.82) is 0 Å². The van der Waals surface area contributed by atoms with Crippen LogP contribution in [0.3, 0.4) is 0 Å². The summed E-state index contributed by atoms with van der Waals surface area (Å²) in [4.78, 5) is 0. The molecule has 0 saturated heterocycles. The van der Waals surface area contributed by atoms with E-state index < -0.39 is 11.7 Å². The summed E-state index contributed by atoms with van der Waals surface area (Å²) in [6.45, 7) is 6.14. The first-order valence-electron chi connectivity index (χ1n) is 7.85. The molecule has 19 heavy (non-hydrogen) atoms. The summed E-state index contributed by atoms with van der Waals surface area (Å²) in [5.74, 6) is 0.452. The van der Waals surface area contributed by atoms with Crippen LogP contribution < -0.4 is 0 Å². The summed E-state index contributed by atoms with van der Waals surface area (Å²) in [5, 5.41) is 31.7. The van der Waals surface area contributed by atoms with Gasteiger partial charge in [0, 0.05) is 0 Å². The van der Waals surface area contributed by atoms with Crippen LogP contribution in [0.4, 0.5) is 0 Å². The first kappa shape index (κ1) is 15.3. The van der Waals surface area contributed by atoms with Gasteiger partial charge >= 0.3 is 0 Å². The summed E-state index contributed by atoms with van der Waals surface area (Å²) in [6, 6.07) is 0. The van der Waals surface area contributed by atoms with Crippen LogP contribution in [0, 0.1) is 17.3 Å². The van der Waals surface area contributed by atoms with E-state index in [9.17, 15) is 15.3 Å². The molecule has 0 bridgehead atoms. The summed E-state index contributed by atoms with van der Waals surface area (Å²) in [5.41, 5.74) is -1.23. The smallest absolute Gasteiger partial charge is 0.0914 e. The van der Waals surface area contributed by atoms with E-state index >= 15 is 0 Å². The van der Waals surface area contributed by atoms with Gasteiger partial charge in [-0.3, -0.25) is 0 Å². The monoisotopic (exact) mass is 270 g/mol. The zero-order valence-electron chi connectivity index (χ0n) is 12.6. The van der Waals surface area contributed by atoms with Gasteiger partial charge in [0.05, 0.1) is 17.8 Å². The standard InChI is InChI=1S/C16H30O3/c1-11-6-4-7-12(13(11)17)10-16(19)9-5-8-15(2,3)14(16)18/h11-14,17-19H,4-10H2,1-3H3. The van der Waals surface area contributed by atoms with Gasteiger partial charge in [-0.25, -0.2) is 0 Å². The third-order valence-electron chi connectivity index (χ3n) is 5.60. The Morgan fingerprint density at radius 2 is 1.74 bits per heavy atom. The molecule has 0 aliphatic heterocycles. The van der Waals surface area contributed by atoms with Crippen LogP contribution in [-0.4, -0.2) is 33.1 Å². The van der Waals surface area contributed by atoms with Crippen LogP contribution in [0.25, 0.3) is 0 Å². The predicted molar refractivity (Wildman–Crippen MR) is 75.7 cm³/mol. The minimum Gasteiger partial charge on any atom is -0.393 e. The van der Waals surface area contributed by atoms with Crippen molar-refractivity contribution in [2.75, 3.05) is 0 Å². The van der Waals surface area contributed by atoms with Gasteiger partial charge in [-0.15, -0.1) is 0 Å². The molecule has 3 N–H and O–H groups in total. The average molecular weight is 270 g/mol. The van der Waals surface area contributed by atoms with Gasteiger partial charge in [-0.05, 0) is 55.8 Å². The molecule has 0 aromatic carbocycles. The first-order valence-corrected chi connectivity index (χ1v) is 7.85. The van der Waals surface area contributed by atoms with E-state index in [2.05, 4.69) is 6.92 Å². The molecule has 0 heterocycles. The molecule has 0 aromatic heterocycles. The second-order valence-corrected chi connectivity index (χ2v) is 7.71. The minimum absolute atomic E-state index is 0.136. The summed E-state index contributed by atoms with van der Waals surface area (Å²) in [7, 11) is 0. The van der Waals surface area contributed by atoms with Crippen molar-refractivity contribution < 1.29 is 15.3 Å². The van der Waals surface area contributed by atoms with Crippen LogP contribution in [0.15, 0.2) is 0 Å². The highest BCUT2D eigenvalue weighted by molar-refractivity contribution is 5.01. The first-order chi connectivity index (χ1) is 8.76. The van der Waals surface area contributed by atoms with Crippen molar-refractivity contribution in [3.05, 3.63) is 0 Å². The number of rotatable bonds is 2. The number of aliphatic hydroxyl groups is 3. The molecule has 2 fully saturated rings. The molecule has 2 aliphatic carbocycles. The topological polar surface area (TPSA) is 60.7 Å². The Kier molecular flexibility index (Phi) is 4.29. The largest absolute Gasteiger partial charge is 0.393 e. The molecule has 2 rings (SSSR count). The lowest BCUT2D eigenvalue weighted by Gasteiger charge is -2.49. The summed E-state index contributed by atoms with van der Waals surface area (Å²) >= 11 is 0.